The van der Waals surface area contributed by atoms with Crippen LogP contribution in [0, 0.1) is 17.5 Å². The molecule has 2 aromatic carbocycles. The van der Waals surface area contributed by atoms with Crippen LogP contribution in [0.2, 0.25) is 5.02 Å². The summed E-state index contributed by atoms with van der Waals surface area (Å²) in [5.74, 6) is -3.10. The van der Waals surface area contributed by atoms with Gasteiger partial charge in [-0.1, -0.05) is 27.5 Å². The Balaban J connectivity index is 2.19. The van der Waals surface area contributed by atoms with Crippen LogP contribution in [0.25, 0.3) is 0 Å². The maximum Gasteiger partial charge on any atom is 0.161 e. The normalized spacial score (nSPS) is 10.6. The van der Waals surface area contributed by atoms with Crippen molar-refractivity contribution < 1.29 is 13.2 Å². The van der Waals surface area contributed by atoms with E-state index in [-0.39, 0.29) is 12.1 Å². The summed E-state index contributed by atoms with van der Waals surface area (Å²) < 4.78 is 40.0. The molecule has 100 valence electrons. The van der Waals surface area contributed by atoms with Crippen LogP contribution in [0.1, 0.15) is 5.56 Å². The first-order chi connectivity index (χ1) is 8.97. The van der Waals surface area contributed by atoms with Crippen molar-refractivity contribution in [3.63, 3.8) is 0 Å². The fraction of sp³-hybridized carbons (Fsp3) is 0.0769. The standard InChI is InChI=1S/C13H8BrClF3N/c14-8-1-2-9(15)13(4-8)19-6-7-3-11(17)12(18)5-10(7)16/h1-5,19H,6H2. The minimum absolute atomic E-state index is 0.000787. The quantitative estimate of drug-likeness (QED) is 0.757. The van der Waals surface area contributed by atoms with Crippen LogP contribution in [0.3, 0.4) is 0 Å². The van der Waals surface area contributed by atoms with E-state index in [1.165, 1.54) is 0 Å². The van der Waals surface area contributed by atoms with Gasteiger partial charge in [0.1, 0.15) is 5.82 Å². The molecule has 0 heterocycles. The van der Waals surface area contributed by atoms with Gasteiger partial charge in [0.2, 0.25) is 0 Å². The van der Waals surface area contributed by atoms with Crippen molar-refractivity contribution in [1.82, 2.24) is 0 Å². The number of rotatable bonds is 3. The summed E-state index contributed by atoms with van der Waals surface area (Å²) in [4.78, 5) is 0. The molecule has 0 aliphatic carbocycles. The fourth-order valence-corrected chi connectivity index (χ4v) is 2.07. The molecule has 0 amide bonds. The molecule has 0 aliphatic rings. The Labute approximate surface area is 121 Å². The molecular formula is C13H8BrClF3N. The summed E-state index contributed by atoms with van der Waals surface area (Å²) in [6.07, 6.45) is 0. The first kappa shape index (κ1) is 14.2. The summed E-state index contributed by atoms with van der Waals surface area (Å²) in [5, 5.41) is 3.32. The average molecular weight is 351 g/mol. The van der Waals surface area contributed by atoms with Gasteiger partial charge in [0, 0.05) is 22.6 Å². The lowest BCUT2D eigenvalue weighted by Crippen LogP contribution is -2.04. The van der Waals surface area contributed by atoms with E-state index in [0.717, 1.165) is 10.5 Å². The van der Waals surface area contributed by atoms with E-state index in [1.54, 1.807) is 18.2 Å². The van der Waals surface area contributed by atoms with E-state index in [0.29, 0.717) is 16.8 Å². The monoisotopic (exact) mass is 349 g/mol. The highest BCUT2D eigenvalue weighted by Gasteiger charge is 2.10. The van der Waals surface area contributed by atoms with Crippen molar-refractivity contribution in [2.24, 2.45) is 0 Å². The third-order valence-electron chi connectivity index (χ3n) is 2.49. The average Bonchev–Trinajstić information content (AvgIpc) is 2.36. The van der Waals surface area contributed by atoms with Crippen LogP contribution in [-0.2, 0) is 6.54 Å². The second-order valence-corrected chi connectivity index (χ2v) is 5.16. The molecule has 0 aromatic heterocycles. The molecule has 0 atom stereocenters. The van der Waals surface area contributed by atoms with Gasteiger partial charge in [0.25, 0.3) is 0 Å². The Hall–Kier alpha value is -1.20. The van der Waals surface area contributed by atoms with Crippen molar-refractivity contribution >= 4 is 33.2 Å². The van der Waals surface area contributed by atoms with Crippen molar-refractivity contribution in [2.75, 3.05) is 5.32 Å². The molecule has 19 heavy (non-hydrogen) atoms. The van der Waals surface area contributed by atoms with Gasteiger partial charge in [-0.3, -0.25) is 0 Å². The Bertz CT molecular complexity index is 619. The highest BCUT2D eigenvalue weighted by atomic mass is 79.9. The minimum atomic E-state index is -1.21. The Morgan fingerprint density at radius 2 is 1.68 bits per heavy atom. The van der Waals surface area contributed by atoms with E-state index < -0.39 is 17.5 Å². The van der Waals surface area contributed by atoms with Crippen molar-refractivity contribution in [2.45, 2.75) is 6.54 Å². The summed E-state index contributed by atoms with van der Waals surface area (Å²) in [7, 11) is 0. The van der Waals surface area contributed by atoms with Crippen molar-refractivity contribution in [3.05, 3.63) is 62.8 Å². The second-order valence-electron chi connectivity index (χ2n) is 3.84. The second kappa shape index (κ2) is 5.84. The van der Waals surface area contributed by atoms with Crippen LogP contribution in [0.5, 0.6) is 0 Å². The van der Waals surface area contributed by atoms with Gasteiger partial charge in [-0.25, -0.2) is 13.2 Å². The molecule has 0 saturated carbocycles. The molecular weight excluding hydrogens is 343 g/mol. The zero-order valence-electron chi connectivity index (χ0n) is 9.48. The van der Waals surface area contributed by atoms with Crippen LogP contribution >= 0.6 is 27.5 Å². The zero-order valence-corrected chi connectivity index (χ0v) is 11.8. The molecule has 1 N–H and O–H groups in total. The lowest BCUT2D eigenvalue weighted by atomic mass is 10.2. The van der Waals surface area contributed by atoms with Gasteiger partial charge in [-0.05, 0) is 24.3 Å². The van der Waals surface area contributed by atoms with Crippen molar-refractivity contribution in [1.29, 1.82) is 0 Å². The fourth-order valence-electron chi connectivity index (χ4n) is 1.52. The largest absolute Gasteiger partial charge is 0.380 e. The van der Waals surface area contributed by atoms with Gasteiger partial charge in [-0.2, -0.15) is 0 Å². The first-order valence-electron chi connectivity index (χ1n) is 5.29. The Morgan fingerprint density at radius 3 is 2.42 bits per heavy atom. The summed E-state index contributed by atoms with van der Waals surface area (Å²) in [6.45, 7) is -0.000787. The van der Waals surface area contributed by atoms with Gasteiger partial charge in [0.05, 0.1) is 10.7 Å². The summed E-state index contributed by atoms with van der Waals surface area (Å²) in [6, 6.07) is 6.47. The molecule has 0 saturated heterocycles. The molecule has 0 aliphatic heterocycles. The molecule has 2 rings (SSSR count). The molecule has 0 fully saturated rings. The van der Waals surface area contributed by atoms with Crippen molar-refractivity contribution in [3.8, 4) is 0 Å². The van der Waals surface area contributed by atoms with Gasteiger partial charge < -0.3 is 5.32 Å². The maximum atomic E-state index is 13.4. The van der Waals surface area contributed by atoms with Gasteiger partial charge in [0.15, 0.2) is 11.6 Å². The van der Waals surface area contributed by atoms with Crippen LogP contribution in [0.15, 0.2) is 34.8 Å². The zero-order chi connectivity index (χ0) is 14.0. The highest BCUT2D eigenvalue weighted by molar-refractivity contribution is 9.10. The predicted octanol–water partition coefficient (Wildman–Crippen LogP) is 5.13. The van der Waals surface area contributed by atoms with E-state index >= 15 is 0 Å². The van der Waals surface area contributed by atoms with Crippen LogP contribution in [-0.4, -0.2) is 0 Å². The number of halogens is 5. The third-order valence-corrected chi connectivity index (χ3v) is 3.31. The number of nitrogens with one attached hydrogen (secondary N) is 1. The molecule has 0 unspecified atom stereocenters. The molecule has 1 nitrogen and oxygen atoms in total. The number of hydrogen-bond donors (Lipinski definition) is 1. The molecule has 6 heteroatoms. The third kappa shape index (κ3) is 3.42. The highest BCUT2D eigenvalue weighted by Crippen LogP contribution is 2.26. The van der Waals surface area contributed by atoms with E-state index in [1.807, 2.05) is 0 Å². The summed E-state index contributed by atoms with van der Waals surface area (Å²) in [5.41, 5.74) is 0.593. The number of benzene rings is 2. The van der Waals surface area contributed by atoms with Crippen LogP contribution in [0.4, 0.5) is 18.9 Å². The lowest BCUT2D eigenvalue weighted by Gasteiger charge is -2.10. The molecule has 0 spiro atoms. The Kier molecular flexibility index (Phi) is 4.37. The number of hydrogen-bond acceptors (Lipinski definition) is 1. The van der Waals surface area contributed by atoms with E-state index in [9.17, 15) is 13.2 Å². The molecule has 0 radical (unpaired) electrons. The Morgan fingerprint density at radius 1 is 1.00 bits per heavy atom. The lowest BCUT2D eigenvalue weighted by molar-refractivity contribution is 0.490. The SMILES string of the molecule is Fc1cc(F)c(CNc2cc(Br)ccc2Cl)cc1F. The topological polar surface area (TPSA) is 12.0 Å². The van der Waals surface area contributed by atoms with Gasteiger partial charge in [-0.15, -0.1) is 0 Å². The summed E-state index contributed by atoms with van der Waals surface area (Å²) >= 11 is 9.22. The smallest absolute Gasteiger partial charge is 0.161 e. The van der Waals surface area contributed by atoms with Crippen LogP contribution < -0.4 is 5.32 Å². The predicted molar refractivity (Wildman–Crippen MR) is 72.8 cm³/mol. The minimum Gasteiger partial charge on any atom is -0.380 e. The van der Waals surface area contributed by atoms with E-state index in [4.69, 9.17) is 11.6 Å². The van der Waals surface area contributed by atoms with Gasteiger partial charge >= 0.3 is 0 Å². The maximum absolute atomic E-state index is 13.4. The molecule has 2 aromatic rings. The first-order valence-corrected chi connectivity index (χ1v) is 6.47. The number of anilines is 1. The van der Waals surface area contributed by atoms with E-state index in [2.05, 4.69) is 21.2 Å². The molecule has 0 bridgehead atoms.